The van der Waals surface area contributed by atoms with E-state index in [-0.39, 0.29) is 5.91 Å². The molecule has 3 heteroatoms. The number of amides is 1. The third kappa shape index (κ3) is 1.06. The summed E-state index contributed by atoms with van der Waals surface area (Å²) in [6, 6.07) is 1.98. The fourth-order valence-corrected chi connectivity index (χ4v) is 2.01. The maximum Gasteiger partial charge on any atom is 0.252 e. The molecule has 0 aliphatic carbocycles. The maximum absolute atomic E-state index is 11.3. The van der Waals surface area contributed by atoms with Gasteiger partial charge in [0.2, 0.25) is 0 Å². The highest BCUT2D eigenvalue weighted by atomic mass is 32.1. The van der Waals surface area contributed by atoms with E-state index in [1.54, 1.807) is 11.3 Å². The van der Waals surface area contributed by atoms with E-state index in [0.29, 0.717) is 6.54 Å². The van der Waals surface area contributed by atoms with Crippen molar-refractivity contribution in [1.82, 2.24) is 5.32 Å². The average molecular weight is 179 g/mol. The molecule has 0 saturated carbocycles. The van der Waals surface area contributed by atoms with Crippen LogP contribution >= 0.6 is 11.3 Å². The first-order chi connectivity index (χ1) is 5.79. The van der Waals surface area contributed by atoms with E-state index in [0.717, 1.165) is 16.7 Å². The molecule has 0 unspecified atom stereocenters. The number of carbonyl (C=O) groups is 1. The summed E-state index contributed by atoms with van der Waals surface area (Å²) in [7, 11) is 0. The van der Waals surface area contributed by atoms with E-state index in [1.165, 1.54) is 0 Å². The number of carbonyl (C=O) groups excluding carboxylic acids is 1. The Balaban J connectivity index is 2.47. The zero-order chi connectivity index (χ0) is 8.55. The highest BCUT2D eigenvalue weighted by Crippen LogP contribution is 2.24. The van der Waals surface area contributed by atoms with E-state index in [2.05, 4.69) is 5.32 Å². The quantitative estimate of drug-likeness (QED) is 0.697. The molecule has 0 aromatic carbocycles. The molecule has 1 aromatic rings. The van der Waals surface area contributed by atoms with E-state index in [1.807, 2.05) is 23.8 Å². The summed E-state index contributed by atoms with van der Waals surface area (Å²) in [6.07, 6.45) is 0. The molecular formula is C9H9NOS. The van der Waals surface area contributed by atoms with Crippen molar-refractivity contribution in [2.45, 2.75) is 6.92 Å². The van der Waals surface area contributed by atoms with Gasteiger partial charge in [0.1, 0.15) is 0 Å². The van der Waals surface area contributed by atoms with Crippen LogP contribution in [-0.2, 0) is 4.79 Å². The topological polar surface area (TPSA) is 29.1 Å². The Morgan fingerprint density at radius 1 is 1.58 bits per heavy atom. The second-order valence-corrected chi connectivity index (χ2v) is 3.63. The van der Waals surface area contributed by atoms with Crippen LogP contribution in [0.5, 0.6) is 0 Å². The van der Waals surface area contributed by atoms with Crippen molar-refractivity contribution in [1.29, 1.82) is 0 Å². The van der Waals surface area contributed by atoms with Crippen molar-refractivity contribution >= 4 is 22.8 Å². The lowest BCUT2D eigenvalue weighted by Crippen LogP contribution is -2.16. The molecule has 1 N–H and O–H groups in total. The van der Waals surface area contributed by atoms with Crippen LogP contribution in [0.25, 0.3) is 5.57 Å². The van der Waals surface area contributed by atoms with Crippen LogP contribution in [0.4, 0.5) is 0 Å². The number of nitrogens with one attached hydrogen (secondary N) is 1. The van der Waals surface area contributed by atoms with E-state index in [4.69, 9.17) is 0 Å². The van der Waals surface area contributed by atoms with Gasteiger partial charge in [-0.2, -0.15) is 11.3 Å². The van der Waals surface area contributed by atoms with Crippen LogP contribution in [0.3, 0.4) is 0 Å². The molecule has 12 heavy (non-hydrogen) atoms. The largest absolute Gasteiger partial charge is 0.348 e. The average Bonchev–Trinajstić information content (AvgIpc) is 2.61. The fraction of sp³-hybridized carbons (Fsp3) is 0.222. The molecule has 0 radical (unpaired) electrons. The smallest absolute Gasteiger partial charge is 0.252 e. The van der Waals surface area contributed by atoms with Crippen LogP contribution in [0.1, 0.15) is 12.5 Å². The second kappa shape index (κ2) is 2.75. The molecular weight excluding hydrogens is 170 g/mol. The van der Waals surface area contributed by atoms with E-state index < -0.39 is 0 Å². The lowest BCUT2D eigenvalue weighted by atomic mass is 10.1. The third-order valence-corrected chi connectivity index (χ3v) is 2.66. The van der Waals surface area contributed by atoms with Crippen molar-refractivity contribution in [2.75, 3.05) is 6.54 Å². The molecule has 0 fully saturated rings. The molecule has 2 heterocycles. The number of rotatable bonds is 1. The predicted octanol–water partition coefficient (Wildman–Crippen LogP) is 1.65. The predicted molar refractivity (Wildman–Crippen MR) is 49.9 cm³/mol. The summed E-state index contributed by atoms with van der Waals surface area (Å²) in [5.41, 5.74) is 3.04. The van der Waals surface area contributed by atoms with Crippen molar-refractivity contribution in [3.63, 3.8) is 0 Å². The Morgan fingerprint density at radius 3 is 2.92 bits per heavy atom. The van der Waals surface area contributed by atoms with E-state index in [9.17, 15) is 4.79 Å². The Morgan fingerprint density at radius 2 is 2.42 bits per heavy atom. The number of thiophene rings is 1. The summed E-state index contributed by atoms with van der Waals surface area (Å²) >= 11 is 1.62. The normalized spacial score (nSPS) is 16.9. The number of hydrogen-bond donors (Lipinski definition) is 1. The maximum atomic E-state index is 11.3. The highest BCUT2D eigenvalue weighted by Gasteiger charge is 2.20. The minimum atomic E-state index is 0.0610. The standard InChI is InChI=1S/C9H9NOS/c1-6-4-10-9(11)8(6)7-2-3-12-5-7/h2-3,5H,4H2,1H3,(H,10,11). The molecule has 1 aliphatic rings. The molecule has 62 valence electrons. The summed E-state index contributed by atoms with van der Waals surface area (Å²) in [6.45, 7) is 2.69. The van der Waals surface area contributed by atoms with Crippen LogP contribution in [0.15, 0.2) is 22.4 Å². The molecule has 0 saturated heterocycles. The zero-order valence-corrected chi connectivity index (χ0v) is 7.57. The monoisotopic (exact) mass is 179 g/mol. The van der Waals surface area contributed by atoms with E-state index >= 15 is 0 Å². The molecule has 0 spiro atoms. The second-order valence-electron chi connectivity index (χ2n) is 2.85. The van der Waals surface area contributed by atoms with Crippen molar-refractivity contribution < 1.29 is 4.79 Å². The van der Waals surface area contributed by atoms with Gasteiger partial charge in [-0.25, -0.2) is 0 Å². The lowest BCUT2D eigenvalue weighted by molar-refractivity contribution is -0.114. The third-order valence-electron chi connectivity index (χ3n) is 1.98. The van der Waals surface area contributed by atoms with Crippen LogP contribution in [0, 0.1) is 0 Å². The van der Waals surface area contributed by atoms with Crippen molar-refractivity contribution in [3.8, 4) is 0 Å². The minimum Gasteiger partial charge on any atom is -0.348 e. The molecule has 1 aromatic heterocycles. The van der Waals surface area contributed by atoms with Gasteiger partial charge in [-0.05, 0) is 34.9 Å². The molecule has 2 rings (SSSR count). The summed E-state index contributed by atoms with van der Waals surface area (Å²) in [5.74, 6) is 0.0610. The van der Waals surface area contributed by atoms with Gasteiger partial charge in [0.25, 0.3) is 5.91 Å². The Hall–Kier alpha value is -1.09. The first kappa shape index (κ1) is 7.55. The van der Waals surface area contributed by atoms with Crippen LogP contribution < -0.4 is 5.32 Å². The molecule has 2 nitrogen and oxygen atoms in total. The fourth-order valence-electron chi connectivity index (χ4n) is 1.37. The van der Waals surface area contributed by atoms with Gasteiger partial charge < -0.3 is 5.32 Å². The van der Waals surface area contributed by atoms with Gasteiger partial charge in [0.15, 0.2) is 0 Å². The van der Waals surface area contributed by atoms with Crippen LogP contribution in [-0.4, -0.2) is 12.5 Å². The van der Waals surface area contributed by atoms with Gasteiger partial charge in [-0.15, -0.1) is 0 Å². The first-order valence-electron chi connectivity index (χ1n) is 3.79. The van der Waals surface area contributed by atoms with Crippen molar-refractivity contribution in [2.24, 2.45) is 0 Å². The molecule has 1 aliphatic heterocycles. The zero-order valence-electron chi connectivity index (χ0n) is 6.76. The van der Waals surface area contributed by atoms with Gasteiger partial charge in [0.05, 0.1) is 0 Å². The van der Waals surface area contributed by atoms with Crippen LogP contribution in [0.2, 0.25) is 0 Å². The first-order valence-corrected chi connectivity index (χ1v) is 4.74. The van der Waals surface area contributed by atoms with Gasteiger partial charge >= 0.3 is 0 Å². The SMILES string of the molecule is CC1=C(c2ccsc2)C(=O)NC1. The van der Waals surface area contributed by atoms with Gasteiger partial charge in [-0.1, -0.05) is 0 Å². The summed E-state index contributed by atoms with van der Waals surface area (Å²) in [4.78, 5) is 11.3. The van der Waals surface area contributed by atoms with Gasteiger partial charge in [-0.3, -0.25) is 4.79 Å². The lowest BCUT2D eigenvalue weighted by Gasteiger charge is -1.95. The summed E-state index contributed by atoms with van der Waals surface area (Å²) in [5, 5.41) is 6.79. The molecule has 0 bridgehead atoms. The van der Waals surface area contributed by atoms with Crippen molar-refractivity contribution in [3.05, 3.63) is 28.0 Å². The Kier molecular flexibility index (Phi) is 1.73. The highest BCUT2D eigenvalue weighted by molar-refractivity contribution is 7.08. The number of hydrogen-bond acceptors (Lipinski definition) is 2. The summed E-state index contributed by atoms with van der Waals surface area (Å²) < 4.78 is 0. The Bertz CT molecular complexity index is 337. The Labute approximate surface area is 74.9 Å². The minimum absolute atomic E-state index is 0.0610. The molecule has 1 amide bonds. The van der Waals surface area contributed by atoms with Gasteiger partial charge in [0, 0.05) is 12.1 Å². The molecule has 0 atom stereocenters.